The molecule has 3 aromatic heterocycles. The Hall–Kier alpha value is -1.82. The Morgan fingerprint density at radius 3 is 2.74 bits per heavy atom. The Labute approximate surface area is 115 Å². The first kappa shape index (κ1) is 12.2. The van der Waals surface area contributed by atoms with E-state index in [1.165, 1.54) is 0 Å². The molecule has 0 N–H and O–H groups in total. The summed E-state index contributed by atoms with van der Waals surface area (Å²) >= 11 is 5.88. The van der Waals surface area contributed by atoms with Crippen LogP contribution < -0.4 is 0 Å². The van der Waals surface area contributed by atoms with Gasteiger partial charge in [0.05, 0.1) is 17.6 Å². The number of hydrogen-bond acceptors (Lipinski definition) is 3. The number of aromatic nitrogens is 6. The fraction of sp³-hybridized carbons (Fsp3) is 0.417. The number of imidazole rings is 1. The minimum absolute atomic E-state index is 0.538. The number of hydrogen-bond donors (Lipinski definition) is 0. The predicted molar refractivity (Wildman–Crippen MR) is 73.8 cm³/mol. The van der Waals surface area contributed by atoms with E-state index in [4.69, 9.17) is 11.6 Å². The number of aryl methyl sites for hydroxylation is 4. The first-order valence-corrected chi connectivity index (χ1v) is 6.61. The van der Waals surface area contributed by atoms with Crippen molar-refractivity contribution >= 4 is 22.8 Å². The predicted octanol–water partition coefficient (Wildman–Crippen LogP) is 1.58. The van der Waals surface area contributed by atoms with Crippen molar-refractivity contribution in [3.8, 4) is 5.69 Å². The largest absolute Gasteiger partial charge is 0.278 e. The van der Waals surface area contributed by atoms with E-state index in [0.717, 1.165) is 28.4 Å². The van der Waals surface area contributed by atoms with Crippen LogP contribution in [0.4, 0.5) is 0 Å². The Kier molecular flexibility index (Phi) is 2.82. The number of nitrogens with zero attached hydrogens (tertiary/aromatic N) is 6. The van der Waals surface area contributed by atoms with Crippen LogP contribution in [0.1, 0.15) is 11.5 Å². The fourth-order valence-electron chi connectivity index (χ4n) is 2.36. The van der Waals surface area contributed by atoms with Crippen LogP contribution in [-0.2, 0) is 20.5 Å². The zero-order valence-electron chi connectivity index (χ0n) is 11.1. The third-order valence-corrected chi connectivity index (χ3v) is 3.33. The second-order valence-electron chi connectivity index (χ2n) is 4.56. The van der Waals surface area contributed by atoms with Crippen molar-refractivity contribution in [2.24, 2.45) is 14.1 Å². The van der Waals surface area contributed by atoms with Crippen LogP contribution in [0, 0.1) is 6.92 Å². The van der Waals surface area contributed by atoms with Crippen molar-refractivity contribution in [2.45, 2.75) is 13.3 Å². The van der Waals surface area contributed by atoms with E-state index in [2.05, 4.69) is 19.7 Å². The maximum Gasteiger partial charge on any atom is 0.163 e. The van der Waals surface area contributed by atoms with Crippen LogP contribution in [-0.4, -0.2) is 35.0 Å². The van der Waals surface area contributed by atoms with Gasteiger partial charge in [0, 0.05) is 32.6 Å². The summed E-state index contributed by atoms with van der Waals surface area (Å²) in [5, 5.41) is 8.64. The summed E-state index contributed by atoms with van der Waals surface area (Å²) in [5.74, 6) is 1.48. The van der Waals surface area contributed by atoms with Crippen LogP contribution in [0.15, 0.2) is 12.4 Å². The highest BCUT2D eigenvalue weighted by atomic mass is 35.5. The molecule has 6 nitrogen and oxygen atoms in total. The molecule has 0 unspecified atom stereocenters. The first-order valence-electron chi connectivity index (χ1n) is 6.07. The molecular weight excluding hydrogens is 264 g/mol. The molecule has 3 aromatic rings. The number of halogens is 1. The molecule has 19 heavy (non-hydrogen) atoms. The Balaban J connectivity index is 2.32. The molecular formula is C12H15ClN6. The van der Waals surface area contributed by atoms with E-state index in [0.29, 0.717) is 12.3 Å². The lowest BCUT2D eigenvalue weighted by molar-refractivity contribution is 0.749. The number of fused-ring (bicyclic) bond motifs is 1. The molecule has 0 aromatic carbocycles. The van der Waals surface area contributed by atoms with Gasteiger partial charge in [-0.25, -0.2) is 9.67 Å². The zero-order chi connectivity index (χ0) is 13.6. The maximum absolute atomic E-state index is 5.88. The minimum atomic E-state index is 0.538. The van der Waals surface area contributed by atoms with E-state index in [1.807, 2.05) is 38.1 Å². The SMILES string of the molecule is Cc1nn(C)c2c1nc(CCCl)n2-c1cnn(C)c1. The summed E-state index contributed by atoms with van der Waals surface area (Å²) in [6.07, 6.45) is 4.49. The number of alkyl halides is 1. The Morgan fingerprint density at radius 2 is 2.11 bits per heavy atom. The van der Waals surface area contributed by atoms with Crippen LogP contribution in [0.5, 0.6) is 0 Å². The molecule has 0 radical (unpaired) electrons. The second kappa shape index (κ2) is 4.38. The highest BCUT2D eigenvalue weighted by Crippen LogP contribution is 2.23. The van der Waals surface area contributed by atoms with E-state index in [-0.39, 0.29) is 0 Å². The molecule has 0 saturated carbocycles. The van der Waals surface area contributed by atoms with Crippen molar-refractivity contribution in [3.05, 3.63) is 23.9 Å². The van der Waals surface area contributed by atoms with Crippen molar-refractivity contribution < 1.29 is 0 Å². The Bertz CT molecular complexity index is 735. The van der Waals surface area contributed by atoms with Crippen molar-refractivity contribution in [1.82, 2.24) is 29.1 Å². The molecule has 0 amide bonds. The molecule has 7 heteroatoms. The molecule has 0 aliphatic rings. The molecule has 0 aliphatic carbocycles. The molecule has 3 rings (SSSR count). The van der Waals surface area contributed by atoms with Gasteiger partial charge in [0.25, 0.3) is 0 Å². The summed E-state index contributed by atoms with van der Waals surface area (Å²) in [4.78, 5) is 4.67. The van der Waals surface area contributed by atoms with Gasteiger partial charge in [-0.15, -0.1) is 11.6 Å². The van der Waals surface area contributed by atoms with Crippen LogP contribution in [0.2, 0.25) is 0 Å². The van der Waals surface area contributed by atoms with Gasteiger partial charge < -0.3 is 0 Å². The van der Waals surface area contributed by atoms with Gasteiger partial charge in [0.2, 0.25) is 0 Å². The summed E-state index contributed by atoms with van der Waals surface area (Å²) < 4.78 is 5.70. The highest BCUT2D eigenvalue weighted by molar-refractivity contribution is 6.17. The third-order valence-electron chi connectivity index (χ3n) is 3.14. The van der Waals surface area contributed by atoms with E-state index < -0.39 is 0 Å². The fourth-order valence-corrected chi connectivity index (χ4v) is 2.53. The standard InChI is InChI=1S/C12H15ClN6/c1-8-11-12(18(3)16-8)19(10(15-11)4-5-13)9-6-14-17(2)7-9/h6-7H,4-5H2,1-3H3. The molecule has 0 atom stereocenters. The van der Waals surface area contributed by atoms with Crippen LogP contribution in [0.3, 0.4) is 0 Å². The van der Waals surface area contributed by atoms with Crippen LogP contribution in [0.25, 0.3) is 16.9 Å². The molecule has 0 fully saturated rings. The molecule has 0 aliphatic heterocycles. The lowest BCUT2D eigenvalue weighted by Gasteiger charge is -2.05. The zero-order valence-corrected chi connectivity index (χ0v) is 11.9. The lowest BCUT2D eigenvalue weighted by atomic mass is 10.4. The van der Waals surface area contributed by atoms with E-state index >= 15 is 0 Å². The monoisotopic (exact) mass is 278 g/mol. The van der Waals surface area contributed by atoms with Crippen molar-refractivity contribution in [2.75, 3.05) is 5.88 Å². The van der Waals surface area contributed by atoms with E-state index in [1.54, 1.807) is 4.68 Å². The topological polar surface area (TPSA) is 53.5 Å². The normalized spacial score (nSPS) is 11.6. The maximum atomic E-state index is 5.88. The highest BCUT2D eigenvalue weighted by Gasteiger charge is 2.18. The van der Waals surface area contributed by atoms with Gasteiger partial charge in [-0.1, -0.05) is 0 Å². The summed E-state index contributed by atoms with van der Waals surface area (Å²) in [6, 6.07) is 0. The minimum Gasteiger partial charge on any atom is -0.278 e. The lowest BCUT2D eigenvalue weighted by Crippen LogP contribution is -2.05. The molecule has 3 heterocycles. The van der Waals surface area contributed by atoms with Crippen LogP contribution >= 0.6 is 11.6 Å². The van der Waals surface area contributed by atoms with Gasteiger partial charge in [0.15, 0.2) is 5.65 Å². The first-order chi connectivity index (χ1) is 9.11. The van der Waals surface area contributed by atoms with Gasteiger partial charge in [-0.2, -0.15) is 10.2 Å². The average molecular weight is 279 g/mol. The second-order valence-corrected chi connectivity index (χ2v) is 4.93. The summed E-state index contributed by atoms with van der Waals surface area (Å²) in [7, 11) is 3.82. The van der Waals surface area contributed by atoms with Gasteiger partial charge in [-0.05, 0) is 6.92 Å². The number of rotatable bonds is 3. The summed E-state index contributed by atoms with van der Waals surface area (Å²) in [5.41, 5.74) is 3.81. The smallest absolute Gasteiger partial charge is 0.163 e. The third kappa shape index (κ3) is 1.83. The molecule has 0 bridgehead atoms. The van der Waals surface area contributed by atoms with E-state index in [9.17, 15) is 0 Å². The van der Waals surface area contributed by atoms with Gasteiger partial charge in [0.1, 0.15) is 11.3 Å². The van der Waals surface area contributed by atoms with Crippen molar-refractivity contribution in [3.63, 3.8) is 0 Å². The molecule has 100 valence electrons. The quantitative estimate of drug-likeness (QED) is 0.684. The Morgan fingerprint density at radius 1 is 1.32 bits per heavy atom. The average Bonchev–Trinajstić information content (AvgIpc) is 2.99. The summed E-state index contributed by atoms with van der Waals surface area (Å²) in [6.45, 7) is 1.97. The van der Waals surface area contributed by atoms with Gasteiger partial charge in [-0.3, -0.25) is 9.25 Å². The van der Waals surface area contributed by atoms with Crippen molar-refractivity contribution in [1.29, 1.82) is 0 Å². The molecule has 0 saturated heterocycles. The molecule has 0 spiro atoms. The van der Waals surface area contributed by atoms with Gasteiger partial charge >= 0.3 is 0 Å².